The molecule has 1 fully saturated rings. The molecule has 178 valence electrons. The van der Waals surface area contributed by atoms with E-state index in [-0.39, 0.29) is 29.6 Å². The lowest BCUT2D eigenvalue weighted by Crippen LogP contribution is -2.42. The van der Waals surface area contributed by atoms with Crippen LogP contribution in [-0.4, -0.2) is 67.4 Å². The minimum Gasteiger partial charge on any atom is -0.443 e. The highest BCUT2D eigenvalue weighted by Gasteiger charge is 2.57. The Morgan fingerprint density at radius 1 is 1.38 bits per heavy atom. The molecule has 13 heteroatoms. The molecule has 0 saturated carbocycles. The zero-order chi connectivity index (χ0) is 24.3. The zero-order valence-electron chi connectivity index (χ0n) is 17.9. The maximum atomic E-state index is 15.5. The van der Waals surface area contributed by atoms with Gasteiger partial charge in [0.2, 0.25) is 5.67 Å². The number of halogens is 1. The molecule has 0 aliphatic carbocycles. The Kier molecular flexibility index (Phi) is 6.46. The summed E-state index contributed by atoms with van der Waals surface area (Å²) in [5, 5.41) is 22.4. The number of hydrogen-bond donors (Lipinski definition) is 4. The fraction of sp³-hybridized carbons (Fsp3) is 0.333. The van der Waals surface area contributed by atoms with Crippen LogP contribution in [0.25, 0.3) is 11.2 Å². The highest BCUT2D eigenvalue weighted by atomic mass is 19.1. The second kappa shape index (κ2) is 9.48. The molecule has 1 aliphatic heterocycles. The minimum atomic E-state index is -2.67. The van der Waals surface area contributed by atoms with E-state index in [0.29, 0.717) is 0 Å². The normalized spacial score (nSPS) is 23.9. The van der Waals surface area contributed by atoms with Crippen LogP contribution in [0.5, 0.6) is 6.01 Å². The molecule has 1 aliphatic rings. The van der Waals surface area contributed by atoms with E-state index < -0.39 is 36.8 Å². The fourth-order valence-electron chi connectivity index (χ4n) is 3.45. The number of hydrogen-bond acceptors (Lipinski definition) is 10. The van der Waals surface area contributed by atoms with Crippen LogP contribution in [0.1, 0.15) is 11.8 Å². The highest BCUT2D eigenvalue weighted by Crippen LogP contribution is 2.42. The Morgan fingerprint density at radius 2 is 2.15 bits per heavy atom. The number of carbonyl (C=O) groups excluding carboxylic acids is 1. The molecule has 2 aromatic heterocycles. The van der Waals surface area contributed by atoms with E-state index in [1.54, 1.807) is 31.3 Å². The van der Waals surface area contributed by atoms with Crippen molar-refractivity contribution < 1.29 is 33.7 Å². The van der Waals surface area contributed by atoms with Crippen molar-refractivity contribution in [3.05, 3.63) is 42.2 Å². The lowest BCUT2D eigenvalue weighted by molar-refractivity contribution is -0.0504. The largest absolute Gasteiger partial charge is 0.443 e. The summed E-state index contributed by atoms with van der Waals surface area (Å²) in [6, 6.07) is 8.70. The minimum absolute atomic E-state index is 0.0164. The molecule has 0 radical (unpaired) electrons. The van der Waals surface area contributed by atoms with Gasteiger partial charge in [0.1, 0.15) is 18.8 Å². The molecule has 1 aromatic carbocycles. The van der Waals surface area contributed by atoms with Crippen LogP contribution in [0.3, 0.4) is 0 Å². The van der Waals surface area contributed by atoms with Gasteiger partial charge in [-0.25, -0.2) is 14.2 Å². The average Bonchev–Trinajstić information content (AvgIpc) is 3.40. The van der Waals surface area contributed by atoms with Gasteiger partial charge in [0.25, 0.3) is 0 Å². The number of alkyl halides is 1. The summed E-state index contributed by atoms with van der Waals surface area (Å²) in [6.45, 7) is -0.639. The quantitative estimate of drug-likeness (QED) is 0.285. The summed E-state index contributed by atoms with van der Waals surface area (Å²) in [7, 11) is 1.56. The van der Waals surface area contributed by atoms with Crippen LogP contribution in [0.15, 0.2) is 36.7 Å². The number of rotatable bonds is 7. The summed E-state index contributed by atoms with van der Waals surface area (Å²) >= 11 is 0. The summed E-state index contributed by atoms with van der Waals surface area (Å²) in [4.78, 5) is 29.5. The van der Waals surface area contributed by atoms with Crippen molar-refractivity contribution in [3.63, 3.8) is 0 Å². The van der Waals surface area contributed by atoms with Crippen LogP contribution < -0.4 is 15.6 Å². The van der Waals surface area contributed by atoms with Crippen molar-refractivity contribution in [1.29, 1.82) is 0 Å². The van der Waals surface area contributed by atoms with Crippen molar-refractivity contribution in [1.82, 2.24) is 25.0 Å². The molecule has 1 amide bonds. The number of amides is 1. The monoisotopic (exact) mass is 472 g/mol. The van der Waals surface area contributed by atoms with E-state index in [0.717, 1.165) is 10.1 Å². The van der Waals surface area contributed by atoms with E-state index in [1.807, 2.05) is 12.0 Å². The molecule has 4 rings (SSSR count). The van der Waals surface area contributed by atoms with Gasteiger partial charge in [-0.15, -0.1) is 11.9 Å². The smallest absolute Gasteiger partial charge is 0.441 e. The van der Waals surface area contributed by atoms with Crippen LogP contribution in [0.2, 0.25) is 0 Å². The molecule has 4 atom stereocenters. The number of benzene rings is 1. The van der Waals surface area contributed by atoms with Gasteiger partial charge in [-0.3, -0.25) is 4.57 Å². The van der Waals surface area contributed by atoms with E-state index in [2.05, 4.69) is 25.7 Å². The molecule has 0 spiro atoms. The first-order valence-electron chi connectivity index (χ1n) is 10.1. The molecule has 4 N–H and O–H groups in total. The van der Waals surface area contributed by atoms with Crippen molar-refractivity contribution >= 4 is 23.1 Å². The summed E-state index contributed by atoms with van der Waals surface area (Å²) in [6.07, 6.45) is 1.06. The van der Waals surface area contributed by atoms with Gasteiger partial charge in [0.15, 0.2) is 23.2 Å². The Labute approximate surface area is 192 Å². The topological polar surface area (TPSA) is 153 Å². The number of aliphatic hydroxyl groups excluding tert-OH is 2. The lowest BCUT2D eigenvalue weighted by atomic mass is 9.97. The highest BCUT2D eigenvalue weighted by molar-refractivity contribution is 5.83. The van der Waals surface area contributed by atoms with Crippen LogP contribution >= 0.6 is 0 Å². The number of hydroxylamine groups is 1. The summed E-state index contributed by atoms with van der Waals surface area (Å²) < 4.78 is 27.1. The van der Waals surface area contributed by atoms with Crippen molar-refractivity contribution in [3.8, 4) is 18.4 Å². The number of ether oxygens (including phenoxy) is 2. The third kappa shape index (κ3) is 4.17. The first-order chi connectivity index (χ1) is 16.4. The predicted molar refractivity (Wildman–Crippen MR) is 115 cm³/mol. The first-order valence-corrected chi connectivity index (χ1v) is 10.1. The Balaban J connectivity index is 1.56. The first kappa shape index (κ1) is 23.2. The number of anilines is 1. The number of nitrogens with zero attached hydrogens (tertiary/aromatic N) is 4. The van der Waals surface area contributed by atoms with E-state index in [4.69, 9.17) is 20.7 Å². The molecule has 3 heterocycles. The molecule has 12 nitrogen and oxygen atoms in total. The van der Waals surface area contributed by atoms with Gasteiger partial charge in [-0.1, -0.05) is 36.3 Å². The lowest BCUT2D eigenvalue weighted by Gasteiger charge is -2.23. The van der Waals surface area contributed by atoms with Crippen molar-refractivity contribution in [2.75, 3.05) is 19.0 Å². The standard InChI is InChI=1S/C21H21FN6O6/c1-3-21(22)15(30)13(9-29)33-18(21)28-11-24-14-16(23-2)25-19(26-17(14)28)34-27-20(31)32-10-12-7-5-4-6-8-12/h1,4-8,11,13,15,18,29-30H,9-10H2,2H3,(H,27,31)(H,23,25,26)/t13-,15-,18-,21-/m1/s1. The third-order valence-electron chi connectivity index (χ3n) is 5.18. The van der Waals surface area contributed by atoms with E-state index >= 15 is 4.39 Å². The molecule has 3 aromatic rings. The van der Waals surface area contributed by atoms with Gasteiger partial charge in [-0.05, 0) is 5.56 Å². The van der Waals surface area contributed by atoms with Crippen LogP contribution in [0, 0.1) is 12.3 Å². The van der Waals surface area contributed by atoms with Gasteiger partial charge >= 0.3 is 12.1 Å². The van der Waals surface area contributed by atoms with E-state index in [1.165, 1.54) is 6.33 Å². The second-order valence-corrected chi connectivity index (χ2v) is 7.26. The van der Waals surface area contributed by atoms with Crippen LogP contribution in [-0.2, 0) is 16.1 Å². The maximum absolute atomic E-state index is 15.5. The average molecular weight is 472 g/mol. The molecule has 0 unspecified atom stereocenters. The van der Waals surface area contributed by atoms with E-state index in [9.17, 15) is 15.0 Å². The van der Waals surface area contributed by atoms with Gasteiger partial charge in [-0.2, -0.15) is 9.97 Å². The molecule has 1 saturated heterocycles. The Bertz CT molecular complexity index is 1220. The number of imidazole rings is 1. The molecule has 0 bridgehead atoms. The number of fused-ring (bicyclic) bond motifs is 1. The molecule has 34 heavy (non-hydrogen) atoms. The number of aromatic nitrogens is 4. The maximum Gasteiger partial charge on any atom is 0.441 e. The van der Waals surface area contributed by atoms with Crippen molar-refractivity contribution in [2.24, 2.45) is 0 Å². The Morgan fingerprint density at radius 3 is 2.82 bits per heavy atom. The van der Waals surface area contributed by atoms with Crippen LogP contribution in [0.4, 0.5) is 15.0 Å². The van der Waals surface area contributed by atoms with Gasteiger partial charge in [0.05, 0.1) is 12.9 Å². The number of nitrogens with one attached hydrogen (secondary N) is 2. The third-order valence-corrected chi connectivity index (χ3v) is 5.18. The Hall–Kier alpha value is -3.99. The molecular weight excluding hydrogens is 451 g/mol. The molecular formula is C21H21FN6O6. The van der Waals surface area contributed by atoms with Crippen molar-refractivity contribution in [2.45, 2.75) is 30.7 Å². The number of aliphatic hydroxyl groups is 2. The fourth-order valence-corrected chi connectivity index (χ4v) is 3.45. The predicted octanol–water partition coefficient (Wildman–Crippen LogP) is 0.680. The number of carbonyl (C=O) groups is 1. The second-order valence-electron chi connectivity index (χ2n) is 7.26. The number of terminal acetylenes is 1. The SMILES string of the molecule is C#C[C@@]1(F)[C@H](O)[C@@H](CO)O[C@H]1n1cnc2c(NC)nc(ONC(=O)OCc3ccccc3)nc21. The summed E-state index contributed by atoms with van der Waals surface area (Å²) in [5.74, 6) is 2.10. The van der Waals surface area contributed by atoms with Gasteiger partial charge < -0.3 is 29.8 Å². The van der Waals surface area contributed by atoms with Gasteiger partial charge in [0, 0.05) is 7.05 Å². The zero-order valence-corrected chi connectivity index (χ0v) is 17.9. The summed E-state index contributed by atoms with van der Waals surface area (Å²) in [5.41, 5.74) is 0.410.